The largest absolute Gasteiger partial charge is 0.274 e. The molecule has 0 saturated carbocycles. The number of fused-ring (bicyclic) bond motifs is 1. The molecule has 0 heterocycles. The number of hydrogen-bond acceptors (Lipinski definition) is 3. The predicted molar refractivity (Wildman–Crippen MR) is 66.1 cm³/mol. The summed E-state index contributed by atoms with van der Waals surface area (Å²) in [5, 5.41) is 2.12. The Hall–Kier alpha value is -1.88. The summed E-state index contributed by atoms with van der Waals surface area (Å²) in [6.45, 7) is 0. The van der Waals surface area contributed by atoms with Gasteiger partial charge in [0.05, 0.1) is 6.42 Å². The van der Waals surface area contributed by atoms with Gasteiger partial charge in [-0.25, -0.2) is 8.42 Å². The van der Waals surface area contributed by atoms with Crippen LogP contribution < -0.4 is 4.72 Å². The summed E-state index contributed by atoms with van der Waals surface area (Å²) in [7, 11) is -2.87. The van der Waals surface area contributed by atoms with Crippen LogP contribution in [0.5, 0.6) is 0 Å². The molecule has 2 rings (SSSR count). The lowest BCUT2D eigenvalue weighted by molar-refractivity contribution is -0.118. The van der Waals surface area contributed by atoms with E-state index in [1.54, 1.807) is 0 Å². The Morgan fingerprint density at radius 2 is 1.76 bits per heavy atom. The van der Waals surface area contributed by atoms with Crippen LogP contribution in [-0.4, -0.2) is 14.3 Å². The van der Waals surface area contributed by atoms with Gasteiger partial charge in [-0.2, -0.15) is 0 Å². The molecule has 0 aliphatic heterocycles. The first kappa shape index (κ1) is 11.6. The van der Waals surface area contributed by atoms with E-state index in [0.29, 0.717) is 0 Å². The van der Waals surface area contributed by atoms with E-state index < -0.39 is 16.8 Å². The van der Waals surface area contributed by atoms with Crippen LogP contribution in [0.15, 0.2) is 42.5 Å². The van der Waals surface area contributed by atoms with Crippen LogP contribution in [0, 0.1) is 0 Å². The number of benzene rings is 2. The fourth-order valence-corrected chi connectivity index (χ4v) is 1.96. The van der Waals surface area contributed by atoms with Gasteiger partial charge in [0.15, 0.2) is 0 Å². The summed E-state index contributed by atoms with van der Waals surface area (Å²) in [5.74, 6) is -0.517. The molecule has 0 unspecified atom stereocenters. The van der Waals surface area contributed by atoms with E-state index >= 15 is 0 Å². The lowest BCUT2D eigenvalue weighted by Crippen LogP contribution is -2.23. The lowest BCUT2D eigenvalue weighted by atomic mass is 10.1. The Morgan fingerprint density at radius 1 is 1.06 bits per heavy atom. The number of carbonyl (C=O) groups is 1. The lowest BCUT2D eigenvalue weighted by Gasteiger charge is -2.02. The van der Waals surface area contributed by atoms with Crippen molar-refractivity contribution in [2.45, 2.75) is 6.42 Å². The Bertz CT molecular complexity index is 626. The van der Waals surface area contributed by atoms with Crippen LogP contribution in [0.1, 0.15) is 5.56 Å². The summed E-state index contributed by atoms with van der Waals surface area (Å²) in [6.07, 6.45) is 0.0636. The quantitative estimate of drug-likeness (QED) is 0.798. The summed E-state index contributed by atoms with van der Waals surface area (Å²) in [5.41, 5.74) is 0.790. The molecule has 0 spiro atoms. The molecule has 0 bridgehead atoms. The molecule has 0 aliphatic rings. The van der Waals surface area contributed by atoms with Crippen molar-refractivity contribution in [3.05, 3.63) is 48.0 Å². The first-order chi connectivity index (χ1) is 8.15. The highest BCUT2D eigenvalue weighted by Gasteiger charge is 2.04. The third kappa shape index (κ3) is 3.04. The number of carbonyl (C=O) groups excluding carboxylic acids is 1. The highest BCUT2D eigenvalue weighted by Crippen LogP contribution is 2.15. The number of rotatable bonds is 3. The van der Waals surface area contributed by atoms with Gasteiger partial charge in [-0.05, 0) is 16.3 Å². The van der Waals surface area contributed by atoms with Crippen molar-refractivity contribution < 1.29 is 13.2 Å². The summed E-state index contributed by atoms with van der Waals surface area (Å²) in [6, 6.07) is 13.4. The molecule has 0 aliphatic carbocycles. The average molecular weight is 249 g/mol. The minimum absolute atomic E-state index is 0.0636. The first-order valence-electron chi connectivity index (χ1n) is 5.07. The molecule has 1 N–H and O–H groups in total. The molecule has 0 saturated heterocycles. The SMILES string of the molecule is O=C(Cc1ccc2ccccc2c1)N[SH](=O)=O. The normalized spacial score (nSPS) is 10.6. The Balaban J connectivity index is 2.22. The molecule has 17 heavy (non-hydrogen) atoms. The highest BCUT2D eigenvalue weighted by molar-refractivity contribution is 7.71. The van der Waals surface area contributed by atoms with Gasteiger partial charge in [-0.3, -0.25) is 9.52 Å². The molecular weight excluding hydrogens is 238 g/mol. The monoisotopic (exact) mass is 249 g/mol. The van der Waals surface area contributed by atoms with E-state index in [9.17, 15) is 13.2 Å². The van der Waals surface area contributed by atoms with E-state index in [1.165, 1.54) is 0 Å². The highest BCUT2D eigenvalue weighted by atomic mass is 32.2. The molecule has 88 valence electrons. The van der Waals surface area contributed by atoms with Gasteiger partial charge in [0.2, 0.25) is 16.8 Å². The van der Waals surface area contributed by atoms with Gasteiger partial charge < -0.3 is 0 Å². The fraction of sp³-hybridized carbons (Fsp3) is 0.0833. The zero-order valence-corrected chi connectivity index (χ0v) is 9.81. The molecule has 0 fully saturated rings. The molecular formula is C12H11NO3S. The molecule has 2 aromatic rings. The van der Waals surface area contributed by atoms with Crippen LogP contribution in [0.25, 0.3) is 10.8 Å². The van der Waals surface area contributed by atoms with E-state index in [-0.39, 0.29) is 6.42 Å². The van der Waals surface area contributed by atoms with Crippen molar-refractivity contribution in [1.82, 2.24) is 4.72 Å². The average Bonchev–Trinajstić information content (AvgIpc) is 2.27. The minimum Gasteiger partial charge on any atom is -0.274 e. The van der Waals surface area contributed by atoms with Crippen LogP contribution >= 0.6 is 0 Å². The van der Waals surface area contributed by atoms with E-state index in [0.717, 1.165) is 16.3 Å². The summed E-state index contributed by atoms with van der Waals surface area (Å²) in [4.78, 5) is 11.3. The topological polar surface area (TPSA) is 63.2 Å². The van der Waals surface area contributed by atoms with Gasteiger partial charge in [-0.1, -0.05) is 42.5 Å². The molecule has 4 nitrogen and oxygen atoms in total. The van der Waals surface area contributed by atoms with Crippen molar-refractivity contribution in [3.63, 3.8) is 0 Å². The fourth-order valence-electron chi connectivity index (χ4n) is 1.68. The van der Waals surface area contributed by atoms with Crippen molar-refractivity contribution in [2.24, 2.45) is 0 Å². The van der Waals surface area contributed by atoms with Gasteiger partial charge in [0.1, 0.15) is 0 Å². The Kier molecular flexibility index (Phi) is 3.39. The second-order valence-corrected chi connectivity index (χ2v) is 4.39. The van der Waals surface area contributed by atoms with Crippen LogP contribution in [0.2, 0.25) is 0 Å². The molecule has 1 amide bonds. The molecule has 0 atom stereocenters. The van der Waals surface area contributed by atoms with Gasteiger partial charge in [0.25, 0.3) is 0 Å². The molecule has 0 aromatic heterocycles. The van der Waals surface area contributed by atoms with Crippen molar-refractivity contribution in [1.29, 1.82) is 0 Å². The van der Waals surface area contributed by atoms with Crippen molar-refractivity contribution in [2.75, 3.05) is 0 Å². The standard InChI is InChI=1S/C12H11NO3S/c14-12(13-17(15)16)8-9-5-6-10-3-1-2-4-11(10)7-9/h1-7,17H,8H2,(H,13,14,15,16). The van der Waals surface area contributed by atoms with Crippen LogP contribution in [0.3, 0.4) is 0 Å². The van der Waals surface area contributed by atoms with E-state index in [1.807, 2.05) is 47.2 Å². The number of thiol groups is 1. The minimum atomic E-state index is -2.87. The maximum atomic E-state index is 11.3. The summed E-state index contributed by atoms with van der Waals surface area (Å²) >= 11 is 0. The maximum absolute atomic E-state index is 11.3. The molecule has 2 aromatic carbocycles. The number of amides is 1. The van der Waals surface area contributed by atoms with Crippen LogP contribution in [0.4, 0.5) is 0 Å². The Labute approximate surface area is 100 Å². The van der Waals surface area contributed by atoms with Gasteiger partial charge in [-0.15, -0.1) is 0 Å². The Morgan fingerprint density at radius 3 is 2.47 bits per heavy atom. The van der Waals surface area contributed by atoms with E-state index in [2.05, 4.69) is 0 Å². The van der Waals surface area contributed by atoms with E-state index in [4.69, 9.17) is 0 Å². The van der Waals surface area contributed by atoms with Crippen molar-refractivity contribution >= 4 is 27.6 Å². The third-order valence-corrected chi connectivity index (χ3v) is 2.83. The zero-order chi connectivity index (χ0) is 12.3. The first-order valence-corrected chi connectivity index (χ1v) is 6.24. The maximum Gasteiger partial charge on any atom is 0.237 e. The zero-order valence-electron chi connectivity index (χ0n) is 8.92. The molecule has 0 radical (unpaired) electrons. The second-order valence-electron chi connectivity index (χ2n) is 3.65. The van der Waals surface area contributed by atoms with Gasteiger partial charge in [0, 0.05) is 0 Å². The smallest absolute Gasteiger partial charge is 0.237 e. The van der Waals surface area contributed by atoms with Crippen molar-refractivity contribution in [3.8, 4) is 0 Å². The van der Waals surface area contributed by atoms with Crippen LogP contribution in [-0.2, 0) is 22.1 Å². The second kappa shape index (κ2) is 4.97. The van der Waals surface area contributed by atoms with Gasteiger partial charge >= 0.3 is 0 Å². The summed E-state index contributed by atoms with van der Waals surface area (Å²) < 4.78 is 22.5. The third-order valence-electron chi connectivity index (χ3n) is 2.39. The predicted octanol–water partition coefficient (Wildman–Crippen LogP) is 1.02. The number of hydrogen-bond donors (Lipinski definition) is 2. The number of nitrogens with one attached hydrogen (secondary N) is 1. The molecule has 5 heteroatoms.